The number of nitrogens with zero attached hydrogens (tertiary/aromatic N) is 5. The molecule has 0 atom stereocenters. The molecule has 1 aromatic heterocycles. The fourth-order valence-electron chi connectivity index (χ4n) is 2.62. The van der Waals surface area contributed by atoms with Gasteiger partial charge in [-0.25, -0.2) is 9.99 Å². The van der Waals surface area contributed by atoms with E-state index in [0.29, 0.717) is 5.82 Å². The molecule has 0 fully saturated rings. The number of aliphatic imine (C=N–C) groups is 1. The number of aryl methyl sites for hydroxylation is 1. The van der Waals surface area contributed by atoms with E-state index in [9.17, 15) is 0 Å². The second-order valence-electron chi connectivity index (χ2n) is 4.89. The summed E-state index contributed by atoms with van der Waals surface area (Å²) >= 11 is 0. The molecule has 2 aliphatic rings. The Morgan fingerprint density at radius 3 is 2.85 bits per heavy atom. The first-order chi connectivity index (χ1) is 9.83. The van der Waals surface area contributed by atoms with Gasteiger partial charge < -0.3 is 0 Å². The van der Waals surface area contributed by atoms with Crippen molar-refractivity contribution in [1.82, 2.24) is 9.99 Å². The first-order valence-corrected chi connectivity index (χ1v) is 6.64. The molecule has 0 saturated carbocycles. The van der Waals surface area contributed by atoms with Crippen LogP contribution in [0, 0.1) is 6.92 Å². The molecule has 98 valence electrons. The molecule has 20 heavy (non-hydrogen) atoms. The Labute approximate surface area is 116 Å². The van der Waals surface area contributed by atoms with E-state index in [-0.39, 0.29) is 0 Å². The average molecular weight is 263 g/mol. The summed E-state index contributed by atoms with van der Waals surface area (Å²) in [5.41, 5.74) is 4.21. The fraction of sp³-hybridized carbons (Fsp3) is 0.200. The van der Waals surface area contributed by atoms with Crippen LogP contribution in [0.2, 0.25) is 0 Å². The van der Waals surface area contributed by atoms with Gasteiger partial charge in [-0.05, 0) is 24.1 Å². The summed E-state index contributed by atoms with van der Waals surface area (Å²) in [6.45, 7) is 3.53. The van der Waals surface area contributed by atoms with Gasteiger partial charge in [0.1, 0.15) is 0 Å². The van der Waals surface area contributed by atoms with Crippen LogP contribution in [-0.4, -0.2) is 28.9 Å². The molecular weight excluding hydrogens is 250 g/mol. The van der Waals surface area contributed by atoms with Crippen LogP contribution in [0.4, 0.5) is 5.82 Å². The monoisotopic (exact) mass is 263 g/mol. The summed E-state index contributed by atoms with van der Waals surface area (Å²) in [5.74, 6) is 1.56. The number of pyridine rings is 1. The Bertz CT molecular complexity index is 733. The summed E-state index contributed by atoms with van der Waals surface area (Å²) in [6, 6.07) is 12.4. The summed E-state index contributed by atoms with van der Waals surface area (Å²) in [5, 5.41) is 10.3. The first kappa shape index (κ1) is 11.3. The quantitative estimate of drug-likeness (QED) is 0.793. The van der Waals surface area contributed by atoms with Crippen molar-refractivity contribution in [3.63, 3.8) is 0 Å². The Hall–Kier alpha value is -2.56. The molecule has 0 aliphatic carbocycles. The second-order valence-corrected chi connectivity index (χ2v) is 4.89. The maximum atomic E-state index is 4.56. The molecule has 0 amide bonds. The molecule has 5 heteroatoms. The highest BCUT2D eigenvalue weighted by molar-refractivity contribution is 6.09. The molecule has 2 aromatic rings. The fourth-order valence-corrected chi connectivity index (χ4v) is 2.62. The molecule has 0 N–H and O–H groups in total. The zero-order valence-electron chi connectivity index (χ0n) is 11.1. The molecule has 0 radical (unpaired) electrons. The van der Waals surface area contributed by atoms with Crippen LogP contribution in [0.25, 0.3) is 11.1 Å². The Kier molecular flexibility index (Phi) is 2.39. The SMILES string of the molecule is Cc1cc(-c2ccccc2)c2c(n1)N=NN1CCN=C21. The predicted octanol–water partition coefficient (Wildman–Crippen LogP) is 3.13. The maximum Gasteiger partial charge on any atom is 0.188 e. The zero-order chi connectivity index (χ0) is 13.5. The molecule has 0 spiro atoms. The number of amidine groups is 1. The van der Waals surface area contributed by atoms with Gasteiger partial charge in [-0.1, -0.05) is 35.6 Å². The maximum absolute atomic E-state index is 4.56. The third-order valence-corrected chi connectivity index (χ3v) is 3.50. The van der Waals surface area contributed by atoms with E-state index in [0.717, 1.165) is 41.3 Å². The number of fused-ring (bicyclic) bond motifs is 3. The highest BCUT2D eigenvalue weighted by atomic mass is 15.6. The van der Waals surface area contributed by atoms with Crippen LogP contribution in [0.3, 0.4) is 0 Å². The van der Waals surface area contributed by atoms with Crippen LogP contribution < -0.4 is 0 Å². The predicted molar refractivity (Wildman–Crippen MR) is 77.0 cm³/mol. The van der Waals surface area contributed by atoms with E-state index in [1.807, 2.05) is 30.1 Å². The highest BCUT2D eigenvalue weighted by Crippen LogP contribution is 2.35. The Morgan fingerprint density at radius 1 is 1.15 bits per heavy atom. The standard InChI is InChI=1S/C15H13N5/c1-10-9-12(11-5-3-2-4-6-11)13-14(17-10)18-19-20-8-7-16-15(13)20/h2-6,9H,7-8H2,1H3. The third kappa shape index (κ3) is 1.63. The van der Waals surface area contributed by atoms with Crippen molar-refractivity contribution >= 4 is 11.7 Å². The van der Waals surface area contributed by atoms with Crippen molar-refractivity contribution in [1.29, 1.82) is 0 Å². The van der Waals surface area contributed by atoms with E-state index in [1.54, 1.807) is 0 Å². The summed E-state index contributed by atoms with van der Waals surface area (Å²) in [6.07, 6.45) is 0. The molecule has 3 heterocycles. The van der Waals surface area contributed by atoms with Crippen molar-refractivity contribution in [2.24, 2.45) is 15.3 Å². The molecular formula is C15H13N5. The number of rotatable bonds is 1. The molecule has 0 unspecified atom stereocenters. The number of aromatic nitrogens is 1. The minimum atomic E-state index is 0.667. The Morgan fingerprint density at radius 2 is 2.00 bits per heavy atom. The van der Waals surface area contributed by atoms with E-state index >= 15 is 0 Å². The van der Waals surface area contributed by atoms with Crippen molar-refractivity contribution in [2.75, 3.05) is 13.1 Å². The van der Waals surface area contributed by atoms with Gasteiger partial charge in [0.25, 0.3) is 0 Å². The van der Waals surface area contributed by atoms with Gasteiger partial charge in [0.15, 0.2) is 11.7 Å². The van der Waals surface area contributed by atoms with Gasteiger partial charge in [0, 0.05) is 5.69 Å². The minimum absolute atomic E-state index is 0.667. The van der Waals surface area contributed by atoms with E-state index in [4.69, 9.17) is 0 Å². The normalized spacial score (nSPS) is 15.8. The van der Waals surface area contributed by atoms with Gasteiger partial charge in [-0.3, -0.25) is 4.99 Å². The van der Waals surface area contributed by atoms with E-state index in [2.05, 4.69) is 38.5 Å². The molecule has 1 aromatic carbocycles. The number of hydrogen-bond acceptors (Lipinski definition) is 5. The topological polar surface area (TPSA) is 53.2 Å². The minimum Gasteiger partial charge on any atom is -0.264 e. The summed E-state index contributed by atoms with van der Waals surface area (Å²) in [4.78, 5) is 9.06. The lowest BCUT2D eigenvalue weighted by Gasteiger charge is -2.21. The van der Waals surface area contributed by atoms with Crippen molar-refractivity contribution in [3.8, 4) is 11.1 Å². The third-order valence-electron chi connectivity index (χ3n) is 3.50. The molecule has 2 aliphatic heterocycles. The molecule has 0 bridgehead atoms. The lowest BCUT2D eigenvalue weighted by atomic mass is 9.98. The molecule has 4 rings (SSSR count). The van der Waals surface area contributed by atoms with Crippen LogP contribution in [0.1, 0.15) is 11.3 Å². The van der Waals surface area contributed by atoms with Gasteiger partial charge >= 0.3 is 0 Å². The van der Waals surface area contributed by atoms with Crippen LogP contribution in [0.15, 0.2) is 51.7 Å². The lowest BCUT2D eigenvalue weighted by molar-refractivity contribution is 0.451. The molecule has 0 saturated heterocycles. The number of hydrogen-bond donors (Lipinski definition) is 0. The van der Waals surface area contributed by atoms with E-state index in [1.165, 1.54) is 0 Å². The van der Waals surface area contributed by atoms with Crippen LogP contribution >= 0.6 is 0 Å². The van der Waals surface area contributed by atoms with Crippen molar-refractivity contribution in [2.45, 2.75) is 6.92 Å². The smallest absolute Gasteiger partial charge is 0.188 e. The van der Waals surface area contributed by atoms with Gasteiger partial charge in [0.2, 0.25) is 0 Å². The average Bonchev–Trinajstić information content (AvgIpc) is 2.95. The largest absolute Gasteiger partial charge is 0.264 e. The highest BCUT2D eigenvalue weighted by Gasteiger charge is 2.29. The summed E-state index contributed by atoms with van der Waals surface area (Å²) in [7, 11) is 0. The number of benzene rings is 1. The Balaban J connectivity index is 2.01. The summed E-state index contributed by atoms with van der Waals surface area (Å²) < 4.78 is 0. The van der Waals surface area contributed by atoms with Gasteiger partial charge in [0.05, 0.1) is 18.7 Å². The van der Waals surface area contributed by atoms with Crippen molar-refractivity contribution in [3.05, 3.63) is 47.7 Å². The van der Waals surface area contributed by atoms with Gasteiger partial charge in [-0.2, -0.15) is 0 Å². The van der Waals surface area contributed by atoms with E-state index < -0.39 is 0 Å². The first-order valence-electron chi connectivity index (χ1n) is 6.64. The van der Waals surface area contributed by atoms with Crippen LogP contribution in [0.5, 0.6) is 0 Å². The lowest BCUT2D eigenvalue weighted by Crippen LogP contribution is -2.25. The second kappa shape index (κ2) is 4.23. The zero-order valence-corrected chi connectivity index (χ0v) is 11.1. The van der Waals surface area contributed by atoms with Gasteiger partial charge in [-0.15, -0.1) is 5.11 Å². The van der Waals surface area contributed by atoms with Crippen molar-refractivity contribution < 1.29 is 0 Å². The molecule has 5 nitrogen and oxygen atoms in total. The van der Waals surface area contributed by atoms with Crippen LogP contribution in [-0.2, 0) is 0 Å².